The Hall–Kier alpha value is -3.85. The number of halogens is 2. The van der Waals surface area contributed by atoms with Crippen LogP contribution in [0.4, 0.5) is 20.2 Å². The van der Waals surface area contributed by atoms with E-state index < -0.39 is 11.6 Å². The first-order chi connectivity index (χ1) is 18.7. The number of amidine groups is 1. The number of nitrogens with one attached hydrogen (secondary N) is 3. The highest BCUT2D eigenvalue weighted by atomic mass is 19.2. The summed E-state index contributed by atoms with van der Waals surface area (Å²) in [7, 11) is 1.53. The summed E-state index contributed by atoms with van der Waals surface area (Å²) in [4.78, 5) is 21.9. The van der Waals surface area contributed by atoms with Gasteiger partial charge in [-0.2, -0.15) is 0 Å². The normalized spacial score (nSPS) is 18.5. The maximum Gasteiger partial charge on any atom is 0.251 e. The van der Waals surface area contributed by atoms with Crippen molar-refractivity contribution in [2.45, 2.75) is 65.5 Å². The van der Waals surface area contributed by atoms with Crippen molar-refractivity contribution in [2.75, 3.05) is 17.7 Å². The molecule has 3 rings (SSSR count). The van der Waals surface area contributed by atoms with Crippen LogP contribution in [-0.2, 0) is 6.42 Å². The molecule has 1 aliphatic carbocycles. The van der Waals surface area contributed by atoms with Gasteiger partial charge < -0.3 is 21.7 Å². The molecule has 1 saturated carbocycles. The highest BCUT2D eigenvalue weighted by molar-refractivity contribution is 6.45. The van der Waals surface area contributed by atoms with Crippen molar-refractivity contribution in [2.24, 2.45) is 15.7 Å². The Labute approximate surface area is 229 Å². The van der Waals surface area contributed by atoms with Gasteiger partial charge in [-0.25, -0.2) is 13.8 Å². The van der Waals surface area contributed by atoms with Crippen molar-refractivity contribution >= 4 is 34.4 Å². The second-order valence-electron chi connectivity index (χ2n) is 9.55. The van der Waals surface area contributed by atoms with Gasteiger partial charge in [-0.3, -0.25) is 9.79 Å². The van der Waals surface area contributed by atoms with Crippen molar-refractivity contribution in [3.8, 4) is 0 Å². The standard InChI is InChI=1S/C30H38F2N6O/c1-6-15-35-29(19(4)36-17-18(3)22-13-14-26(34-5)28(32)27(22)31)37-21-11-12-23(20(7-2)16-21)30(39)38-25-10-8-9-24(25)33/h6,11-17,24-25,34H,7-10,33H2,1-5H3,(H,35,37)(H,38,39)/b15-6-,18-17+,36-19+. The second-order valence-corrected chi connectivity index (χ2v) is 9.55. The lowest BCUT2D eigenvalue weighted by molar-refractivity contribution is 0.0933. The molecule has 2 unspecified atom stereocenters. The topological polar surface area (TPSA) is 104 Å². The summed E-state index contributed by atoms with van der Waals surface area (Å²) in [6, 6.07) is 8.54. The Morgan fingerprint density at radius 2 is 1.85 bits per heavy atom. The smallest absolute Gasteiger partial charge is 0.251 e. The number of hydrogen-bond acceptors (Lipinski definition) is 5. The number of hydrogen-bond donors (Lipinski definition) is 4. The number of amides is 1. The first-order valence-corrected chi connectivity index (χ1v) is 13.2. The number of aliphatic imine (C=N–C) groups is 2. The third kappa shape index (κ3) is 7.38. The molecule has 0 heterocycles. The van der Waals surface area contributed by atoms with E-state index in [-0.39, 0.29) is 29.2 Å². The number of rotatable bonds is 9. The van der Waals surface area contributed by atoms with Gasteiger partial charge in [0.2, 0.25) is 0 Å². The van der Waals surface area contributed by atoms with Crippen LogP contribution in [-0.4, -0.2) is 36.6 Å². The van der Waals surface area contributed by atoms with Gasteiger partial charge in [0, 0.05) is 48.3 Å². The number of allylic oxidation sites excluding steroid dienone is 2. The third-order valence-electron chi connectivity index (χ3n) is 6.80. The molecule has 0 bridgehead atoms. The third-order valence-corrected chi connectivity index (χ3v) is 6.80. The van der Waals surface area contributed by atoms with E-state index >= 15 is 0 Å². The summed E-state index contributed by atoms with van der Waals surface area (Å²) < 4.78 is 28.8. The largest absolute Gasteiger partial charge is 0.386 e. The number of carbonyl (C=O) groups is 1. The van der Waals surface area contributed by atoms with Crippen LogP contribution in [0.15, 0.2) is 58.8 Å². The van der Waals surface area contributed by atoms with E-state index in [0.717, 1.165) is 30.5 Å². The van der Waals surface area contributed by atoms with Crippen molar-refractivity contribution in [1.82, 2.24) is 5.32 Å². The molecule has 39 heavy (non-hydrogen) atoms. The second kappa shape index (κ2) is 13.8. The Morgan fingerprint density at radius 1 is 1.10 bits per heavy atom. The Bertz CT molecular complexity index is 1310. The zero-order valence-electron chi connectivity index (χ0n) is 23.2. The average Bonchev–Trinajstić information content (AvgIpc) is 3.34. The predicted molar refractivity (Wildman–Crippen MR) is 157 cm³/mol. The fourth-order valence-corrected chi connectivity index (χ4v) is 4.47. The fraction of sp³-hybridized carbons (Fsp3) is 0.367. The summed E-state index contributed by atoms with van der Waals surface area (Å²) in [5, 5.41) is 8.99. The maximum absolute atomic E-state index is 14.5. The summed E-state index contributed by atoms with van der Waals surface area (Å²) in [5.41, 5.74) is 9.60. The van der Waals surface area contributed by atoms with E-state index in [1.54, 1.807) is 32.2 Å². The van der Waals surface area contributed by atoms with Crippen LogP contribution < -0.4 is 21.7 Å². The summed E-state index contributed by atoms with van der Waals surface area (Å²) in [6.45, 7) is 7.28. The first-order valence-electron chi connectivity index (χ1n) is 13.2. The minimum atomic E-state index is -0.935. The highest BCUT2D eigenvalue weighted by Crippen LogP contribution is 2.25. The van der Waals surface area contributed by atoms with Gasteiger partial charge in [0.1, 0.15) is 0 Å². The van der Waals surface area contributed by atoms with Gasteiger partial charge in [-0.05, 0) is 87.9 Å². The Kier molecular flexibility index (Phi) is 10.5. The van der Waals surface area contributed by atoms with Crippen molar-refractivity contribution in [3.63, 3.8) is 0 Å². The molecule has 0 aromatic heterocycles. The van der Waals surface area contributed by atoms with E-state index in [9.17, 15) is 13.6 Å². The number of aryl methyl sites for hydroxylation is 1. The van der Waals surface area contributed by atoms with Gasteiger partial charge in [-0.15, -0.1) is 0 Å². The number of anilines is 2. The predicted octanol–water partition coefficient (Wildman–Crippen LogP) is 6.04. The molecular formula is C30H38F2N6O. The van der Waals surface area contributed by atoms with E-state index in [2.05, 4.69) is 25.9 Å². The quantitative estimate of drug-likeness (QED) is 0.232. The van der Waals surface area contributed by atoms with E-state index in [1.165, 1.54) is 25.4 Å². The molecule has 1 aliphatic rings. The summed E-state index contributed by atoms with van der Waals surface area (Å²) >= 11 is 0. The van der Waals surface area contributed by atoms with Crippen molar-refractivity contribution in [1.29, 1.82) is 0 Å². The zero-order valence-corrected chi connectivity index (χ0v) is 23.2. The van der Waals surface area contributed by atoms with Crippen LogP contribution in [0.5, 0.6) is 0 Å². The number of nitrogens with two attached hydrogens (primary N) is 1. The first kappa shape index (κ1) is 29.7. The van der Waals surface area contributed by atoms with Crippen LogP contribution in [0.3, 0.4) is 0 Å². The molecule has 208 valence electrons. The molecule has 1 fully saturated rings. The number of benzene rings is 2. The summed E-state index contributed by atoms with van der Waals surface area (Å²) in [6.07, 6.45) is 8.42. The van der Waals surface area contributed by atoms with Gasteiger partial charge in [-0.1, -0.05) is 13.0 Å². The lowest BCUT2D eigenvalue weighted by atomic mass is 10.0. The summed E-state index contributed by atoms with van der Waals surface area (Å²) in [5.74, 6) is -1.51. The molecular weight excluding hydrogens is 498 g/mol. The molecule has 0 radical (unpaired) electrons. The van der Waals surface area contributed by atoms with Crippen molar-refractivity contribution in [3.05, 3.63) is 77.1 Å². The molecule has 0 saturated heterocycles. The molecule has 2 atom stereocenters. The molecule has 2 aromatic rings. The van der Waals surface area contributed by atoms with Gasteiger partial charge in [0.05, 0.1) is 11.4 Å². The minimum absolute atomic E-state index is 0.00108. The Balaban J connectivity index is 1.83. The van der Waals surface area contributed by atoms with E-state index in [4.69, 9.17) is 5.73 Å². The maximum atomic E-state index is 14.5. The fourth-order valence-electron chi connectivity index (χ4n) is 4.47. The van der Waals surface area contributed by atoms with Gasteiger partial charge in [0.15, 0.2) is 17.5 Å². The number of carbonyl (C=O) groups excluding carboxylic acids is 1. The number of nitrogens with zero attached hydrogens (tertiary/aromatic N) is 2. The zero-order chi connectivity index (χ0) is 28.5. The highest BCUT2D eigenvalue weighted by Gasteiger charge is 2.26. The minimum Gasteiger partial charge on any atom is -0.386 e. The van der Waals surface area contributed by atoms with Crippen molar-refractivity contribution < 1.29 is 13.6 Å². The van der Waals surface area contributed by atoms with E-state index in [0.29, 0.717) is 29.1 Å². The molecule has 9 heteroatoms. The average molecular weight is 537 g/mol. The molecule has 0 aliphatic heterocycles. The lowest BCUT2D eigenvalue weighted by Gasteiger charge is -2.19. The monoisotopic (exact) mass is 536 g/mol. The molecule has 2 aromatic carbocycles. The van der Waals surface area contributed by atoms with Crippen LogP contribution in [0.25, 0.3) is 5.57 Å². The van der Waals surface area contributed by atoms with Crippen LogP contribution in [0, 0.1) is 11.6 Å². The van der Waals surface area contributed by atoms with Crippen LogP contribution in [0.1, 0.15) is 68.4 Å². The lowest BCUT2D eigenvalue weighted by Crippen LogP contribution is -2.44. The van der Waals surface area contributed by atoms with Crippen LogP contribution >= 0.6 is 0 Å². The van der Waals surface area contributed by atoms with Gasteiger partial charge >= 0.3 is 0 Å². The molecule has 0 spiro atoms. The van der Waals surface area contributed by atoms with E-state index in [1.807, 2.05) is 26.0 Å². The van der Waals surface area contributed by atoms with Crippen LogP contribution in [0.2, 0.25) is 0 Å². The SMILES string of the molecule is C\C=C/N=C(Nc1ccc(C(=O)NC2CCCC2N)c(CC)c1)\C(C)=N\C=C(/C)c1ccc(NC)c(F)c1F. The molecule has 7 nitrogen and oxygen atoms in total. The molecule has 5 N–H and O–H groups in total. The Morgan fingerprint density at radius 3 is 2.49 bits per heavy atom. The molecule has 1 amide bonds. The van der Waals surface area contributed by atoms with Gasteiger partial charge in [0.25, 0.3) is 5.91 Å².